The maximum Gasteiger partial charge on any atom is 0.245 e. The minimum Gasteiger partial charge on any atom is -0.387 e. The molecule has 0 aromatic carbocycles. The summed E-state index contributed by atoms with van der Waals surface area (Å²) in [5.74, 6) is 0.167. The number of hydrogen-bond donors (Lipinski definition) is 2. The summed E-state index contributed by atoms with van der Waals surface area (Å²) in [7, 11) is 2.03. The highest BCUT2D eigenvalue weighted by Gasteiger charge is 2.27. The fourth-order valence-electron chi connectivity index (χ4n) is 3.53. The maximum atomic E-state index is 11.5. The van der Waals surface area contributed by atoms with Crippen molar-refractivity contribution in [3.05, 3.63) is 24.0 Å². The number of carbonyl (C=O) groups is 1. The van der Waals surface area contributed by atoms with E-state index in [1.54, 1.807) is 0 Å². The zero-order valence-corrected chi connectivity index (χ0v) is 13.9. The van der Waals surface area contributed by atoms with E-state index in [-0.39, 0.29) is 11.9 Å². The Morgan fingerprint density at radius 2 is 2.26 bits per heavy atom. The van der Waals surface area contributed by atoms with E-state index < -0.39 is 6.61 Å². The lowest BCUT2D eigenvalue weighted by molar-refractivity contribution is -0.124. The quantitative estimate of drug-likeness (QED) is 0.893. The molecule has 2 N–H and O–H groups in total. The number of aryl methyl sites for hydroxylation is 2. The number of fused-ring (bicyclic) bond motifs is 1. The van der Waals surface area contributed by atoms with Crippen LogP contribution in [0.2, 0.25) is 0 Å². The highest BCUT2D eigenvalue weighted by atomic mass is 16.3. The first-order valence-corrected chi connectivity index (χ1v) is 8.05. The molecule has 3 rings (SSSR count). The predicted molar refractivity (Wildman–Crippen MR) is 90.5 cm³/mol. The number of piperidine rings is 1. The van der Waals surface area contributed by atoms with Crippen molar-refractivity contribution in [3.63, 3.8) is 0 Å². The lowest BCUT2D eigenvalue weighted by Gasteiger charge is -2.38. The molecule has 0 radical (unpaired) electrons. The second-order valence-corrected chi connectivity index (χ2v) is 6.58. The summed E-state index contributed by atoms with van der Waals surface area (Å²) in [4.78, 5) is 18.3. The van der Waals surface area contributed by atoms with Crippen LogP contribution in [0, 0.1) is 12.8 Å². The molecule has 0 aliphatic carbocycles. The summed E-state index contributed by atoms with van der Waals surface area (Å²) in [5.41, 5.74) is 3.32. The summed E-state index contributed by atoms with van der Waals surface area (Å²) >= 11 is 0. The predicted octanol–water partition coefficient (Wildman–Crippen LogP) is 1.21. The Hall–Kier alpha value is -2.08. The summed E-state index contributed by atoms with van der Waals surface area (Å²) in [6, 6.07) is 4.27. The van der Waals surface area contributed by atoms with E-state index in [0.29, 0.717) is 5.92 Å². The molecule has 0 bridgehead atoms. The van der Waals surface area contributed by atoms with Gasteiger partial charge in [0.05, 0.1) is 0 Å². The molecule has 23 heavy (non-hydrogen) atoms. The summed E-state index contributed by atoms with van der Waals surface area (Å²) in [6.07, 6.45) is 2.78. The molecule has 2 aromatic heterocycles. The van der Waals surface area contributed by atoms with Crippen LogP contribution in [0.3, 0.4) is 0 Å². The van der Waals surface area contributed by atoms with Gasteiger partial charge in [0.2, 0.25) is 5.91 Å². The average Bonchev–Trinajstić information content (AvgIpc) is 2.81. The normalized spacial score (nSPS) is 21.7. The van der Waals surface area contributed by atoms with Crippen molar-refractivity contribution in [2.75, 3.05) is 24.6 Å². The lowest BCUT2D eigenvalue weighted by atomic mass is 9.95. The first kappa shape index (κ1) is 15.8. The van der Waals surface area contributed by atoms with Crippen LogP contribution >= 0.6 is 0 Å². The van der Waals surface area contributed by atoms with Crippen LogP contribution < -0.4 is 10.2 Å². The van der Waals surface area contributed by atoms with Gasteiger partial charge in [0.25, 0.3) is 0 Å². The SMILES string of the molecule is Cc1cc2c(N3CC(NC(=O)CO)C[C@H](C)C3)ccnc2n1C. The highest BCUT2D eigenvalue weighted by Crippen LogP contribution is 2.30. The number of nitrogens with one attached hydrogen (secondary N) is 1. The molecule has 6 nitrogen and oxygen atoms in total. The van der Waals surface area contributed by atoms with Crippen LogP contribution in [-0.4, -0.2) is 46.3 Å². The number of aliphatic hydroxyl groups is 1. The van der Waals surface area contributed by atoms with Gasteiger partial charge in [-0.15, -0.1) is 0 Å². The third-order valence-corrected chi connectivity index (χ3v) is 4.66. The van der Waals surface area contributed by atoms with E-state index in [0.717, 1.165) is 36.2 Å². The molecule has 0 saturated carbocycles. The van der Waals surface area contributed by atoms with Gasteiger partial charge in [0.1, 0.15) is 12.3 Å². The molecule has 2 atom stereocenters. The zero-order chi connectivity index (χ0) is 16.6. The van der Waals surface area contributed by atoms with Crippen molar-refractivity contribution in [3.8, 4) is 0 Å². The van der Waals surface area contributed by atoms with E-state index in [4.69, 9.17) is 5.11 Å². The Balaban J connectivity index is 1.91. The van der Waals surface area contributed by atoms with Gasteiger partial charge < -0.3 is 19.9 Å². The molecule has 6 heteroatoms. The minimum absolute atomic E-state index is 0.0615. The standard InChI is InChI=1S/C17H24N4O2/c1-11-6-13(19-16(23)10-22)9-21(8-11)15-4-5-18-17-14(15)7-12(2)20(17)3/h4-5,7,11,13,22H,6,8-10H2,1-3H3,(H,19,23)/t11-,13?/m0/s1. The first-order valence-electron chi connectivity index (χ1n) is 8.05. The fraction of sp³-hybridized carbons (Fsp3) is 0.529. The molecular weight excluding hydrogens is 292 g/mol. The Morgan fingerprint density at radius 3 is 3.00 bits per heavy atom. The van der Waals surface area contributed by atoms with E-state index in [1.807, 2.05) is 19.3 Å². The summed E-state index contributed by atoms with van der Waals surface area (Å²) in [6.45, 7) is 5.53. The number of anilines is 1. The van der Waals surface area contributed by atoms with Crippen molar-refractivity contribution in [1.82, 2.24) is 14.9 Å². The minimum atomic E-state index is -0.456. The zero-order valence-electron chi connectivity index (χ0n) is 13.9. The maximum absolute atomic E-state index is 11.5. The smallest absolute Gasteiger partial charge is 0.245 e. The number of aliphatic hydroxyl groups excluding tert-OH is 1. The van der Waals surface area contributed by atoms with Gasteiger partial charge in [-0.1, -0.05) is 6.92 Å². The van der Waals surface area contributed by atoms with Gasteiger partial charge >= 0.3 is 0 Å². The molecule has 2 aromatic rings. The van der Waals surface area contributed by atoms with Crippen LogP contribution in [0.15, 0.2) is 18.3 Å². The molecule has 1 amide bonds. The van der Waals surface area contributed by atoms with Gasteiger partial charge in [-0.05, 0) is 31.4 Å². The Kier molecular flexibility index (Phi) is 4.26. The van der Waals surface area contributed by atoms with Gasteiger partial charge in [0.15, 0.2) is 0 Å². The van der Waals surface area contributed by atoms with Crippen LogP contribution in [0.1, 0.15) is 19.0 Å². The van der Waals surface area contributed by atoms with Gasteiger partial charge in [0, 0.05) is 49.1 Å². The molecule has 1 aliphatic rings. The Morgan fingerprint density at radius 1 is 1.48 bits per heavy atom. The fourth-order valence-corrected chi connectivity index (χ4v) is 3.53. The van der Waals surface area contributed by atoms with Crippen LogP contribution in [-0.2, 0) is 11.8 Å². The summed E-state index contributed by atoms with van der Waals surface area (Å²) in [5, 5.41) is 13.0. The van der Waals surface area contributed by atoms with Crippen molar-refractivity contribution in [2.24, 2.45) is 13.0 Å². The van der Waals surface area contributed by atoms with Crippen molar-refractivity contribution in [2.45, 2.75) is 26.3 Å². The van der Waals surface area contributed by atoms with E-state index in [1.165, 1.54) is 5.69 Å². The van der Waals surface area contributed by atoms with Gasteiger partial charge in [-0.2, -0.15) is 0 Å². The third kappa shape index (κ3) is 3.03. The highest BCUT2D eigenvalue weighted by molar-refractivity contribution is 5.91. The molecule has 1 saturated heterocycles. The topological polar surface area (TPSA) is 70.4 Å². The first-order chi connectivity index (χ1) is 11.0. The van der Waals surface area contributed by atoms with E-state index >= 15 is 0 Å². The Labute approximate surface area is 136 Å². The number of amides is 1. The number of hydrogen-bond acceptors (Lipinski definition) is 4. The molecule has 1 aliphatic heterocycles. The monoisotopic (exact) mass is 316 g/mol. The number of aromatic nitrogens is 2. The molecule has 3 heterocycles. The van der Waals surface area contributed by atoms with Crippen LogP contribution in [0.25, 0.3) is 11.0 Å². The molecule has 124 valence electrons. The number of carbonyl (C=O) groups excluding carboxylic acids is 1. The summed E-state index contributed by atoms with van der Waals surface area (Å²) < 4.78 is 2.09. The van der Waals surface area contributed by atoms with Crippen molar-refractivity contribution >= 4 is 22.6 Å². The van der Waals surface area contributed by atoms with Crippen LogP contribution in [0.5, 0.6) is 0 Å². The lowest BCUT2D eigenvalue weighted by Crippen LogP contribution is -2.51. The molecule has 1 fully saturated rings. The molecular formula is C17H24N4O2. The number of nitrogens with zero attached hydrogens (tertiary/aromatic N) is 3. The average molecular weight is 316 g/mol. The van der Waals surface area contributed by atoms with E-state index in [9.17, 15) is 4.79 Å². The van der Waals surface area contributed by atoms with Crippen LogP contribution in [0.4, 0.5) is 5.69 Å². The molecule has 0 spiro atoms. The Bertz CT molecular complexity index is 725. The number of pyridine rings is 1. The van der Waals surface area contributed by atoms with Gasteiger partial charge in [-0.25, -0.2) is 4.98 Å². The third-order valence-electron chi connectivity index (χ3n) is 4.66. The van der Waals surface area contributed by atoms with Gasteiger partial charge in [-0.3, -0.25) is 4.79 Å². The largest absolute Gasteiger partial charge is 0.387 e. The second kappa shape index (κ2) is 6.20. The van der Waals surface area contributed by atoms with E-state index in [2.05, 4.69) is 39.7 Å². The molecule has 1 unspecified atom stereocenters. The number of rotatable bonds is 3. The van der Waals surface area contributed by atoms with Crippen molar-refractivity contribution in [1.29, 1.82) is 0 Å². The second-order valence-electron chi connectivity index (χ2n) is 6.58. The van der Waals surface area contributed by atoms with Crippen molar-refractivity contribution < 1.29 is 9.90 Å².